The third-order valence-corrected chi connectivity index (χ3v) is 6.43. The van der Waals surface area contributed by atoms with Gasteiger partial charge in [0.05, 0.1) is 28.6 Å². The monoisotopic (exact) mass is 460 g/mol. The number of carbonyl (C=O) groups excluding carboxylic acids is 3. The lowest BCUT2D eigenvalue weighted by Crippen LogP contribution is -2.27. The fourth-order valence-corrected chi connectivity index (χ4v) is 4.58. The van der Waals surface area contributed by atoms with E-state index in [4.69, 9.17) is 22.1 Å². The van der Waals surface area contributed by atoms with E-state index in [1.54, 1.807) is 29.2 Å². The molecule has 2 aromatic rings. The molecule has 8 nitrogen and oxygen atoms in total. The van der Waals surface area contributed by atoms with Crippen LogP contribution in [0.4, 0.5) is 21.9 Å². The summed E-state index contributed by atoms with van der Waals surface area (Å²) in [5.74, 6) is -0.000918. The van der Waals surface area contributed by atoms with Gasteiger partial charge in [-0.05, 0) is 43.2 Å². The Bertz CT molecular complexity index is 1030. The number of fused-ring (bicyclic) bond motifs is 1. The average molecular weight is 461 g/mol. The van der Waals surface area contributed by atoms with Gasteiger partial charge in [0.15, 0.2) is 0 Å². The molecule has 3 amide bonds. The van der Waals surface area contributed by atoms with Crippen LogP contribution < -0.4 is 21.3 Å². The number of nitrogen functional groups attached to an aromatic ring is 1. The highest BCUT2D eigenvalue weighted by atomic mass is 35.5. The number of cyclic esters (lactones) is 1. The van der Waals surface area contributed by atoms with Crippen molar-refractivity contribution >= 4 is 58.3 Å². The molecule has 4 N–H and O–H groups in total. The van der Waals surface area contributed by atoms with Gasteiger partial charge >= 0.3 is 6.09 Å². The molecule has 0 radical (unpaired) electrons. The Morgan fingerprint density at radius 1 is 1.32 bits per heavy atom. The van der Waals surface area contributed by atoms with Crippen LogP contribution in [-0.4, -0.2) is 42.9 Å². The third-order valence-electron chi connectivity index (χ3n) is 5.04. The Morgan fingerprint density at radius 3 is 2.97 bits per heavy atom. The first-order valence-electron chi connectivity index (χ1n) is 9.79. The summed E-state index contributed by atoms with van der Waals surface area (Å²) in [5, 5.41) is 5.93. The van der Waals surface area contributed by atoms with Crippen molar-refractivity contribution < 1.29 is 19.1 Å². The topological polar surface area (TPSA) is 114 Å². The number of thioether (sulfide) groups is 1. The molecule has 0 unspecified atom stereocenters. The molecule has 1 atom stereocenters. The zero-order chi connectivity index (χ0) is 22.0. The summed E-state index contributed by atoms with van der Waals surface area (Å²) in [7, 11) is 0. The number of ether oxygens (including phenoxy) is 1. The molecule has 2 aliphatic rings. The Hall–Kier alpha value is -2.91. The van der Waals surface area contributed by atoms with E-state index in [1.165, 1.54) is 11.8 Å². The van der Waals surface area contributed by atoms with Gasteiger partial charge < -0.3 is 21.1 Å². The van der Waals surface area contributed by atoms with Gasteiger partial charge in [-0.15, -0.1) is 11.8 Å². The number of carbonyl (C=O) groups is 3. The zero-order valence-electron chi connectivity index (χ0n) is 16.5. The number of nitrogens with zero attached hydrogens (tertiary/aromatic N) is 1. The maximum absolute atomic E-state index is 12.3. The fourth-order valence-electron chi connectivity index (χ4n) is 3.52. The number of nitrogens with one attached hydrogen (secondary N) is 2. The molecular weight excluding hydrogens is 440 g/mol. The maximum Gasteiger partial charge on any atom is 0.414 e. The molecule has 1 saturated heterocycles. The largest absolute Gasteiger partial charge is 0.444 e. The van der Waals surface area contributed by atoms with Gasteiger partial charge in [-0.2, -0.15) is 0 Å². The molecule has 0 spiro atoms. The minimum Gasteiger partial charge on any atom is -0.444 e. The molecule has 0 aliphatic carbocycles. The van der Waals surface area contributed by atoms with E-state index in [9.17, 15) is 14.4 Å². The van der Waals surface area contributed by atoms with Crippen molar-refractivity contribution in [2.45, 2.75) is 23.8 Å². The van der Waals surface area contributed by atoms with Crippen molar-refractivity contribution in [3.8, 4) is 0 Å². The molecule has 0 bridgehead atoms. The smallest absolute Gasteiger partial charge is 0.414 e. The van der Waals surface area contributed by atoms with E-state index in [0.29, 0.717) is 53.8 Å². The molecule has 162 valence electrons. The van der Waals surface area contributed by atoms with Crippen LogP contribution in [0.3, 0.4) is 0 Å². The van der Waals surface area contributed by atoms with E-state index < -0.39 is 6.09 Å². The van der Waals surface area contributed by atoms with Crippen LogP contribution in [0.2, 0.25) is 5.02 Å². The van der Waals surface area contributed by atoms with Crippen LogP contribution in [0, 0.1) is 0 Å². The Morgan fingerprint density at radius 2 is 2.16 bits per heavy atom. The van der Waals surface area contributed by atoms with E-state index in [1.807, 2.05) is 12.1 Å². The van der Waals surface area contributed by atoms with Gasteiger partial charge in [0.2, 0.25) is 5.91 Å². The summed E-state index contributed by atoms with van der Waals surface area (Å²) in [5.41, 5.74) is 7.80. The summed E-state index contributed by atoms with van der Waals surface area (Å²) < 4.78 is 5.46. The van der Waals surface area contributed by atoms with Crippen molar-refractivity contribution in [1.29, 1.82) is 0 Å². The molecule has 0 aromatic heterocycles. The summed E-state index contributed by atoms with van der Waals surface area (Å²) in [4.78, 5) is 38.8. The highest BCUT2D eigenvalue weighted by molar-refractivity contribution is 8.00. The first-order chi connectivity index (χ1) is 14.9. The second kappa shape index (κ2) is 9.07. The molecule has 2 aliphatic heterocycles. The van der Waals surface area contributed by atoms with Gasteiger partial charge in [-0.1, -0.05) is 17.7 Å². The first kappa shape index (κ1) is 21.3. The first-order valence-corrected chi connectivity index (χ1v) is 11.2. The van der Waals surface area contributed by atoms with E-state index in [0.717, 1.165) is 4.90 Å². The Balaban J connectivity index is 1.29. The fraction of sp³-hybridized carbons (Fsp3) is 0.286. The average Bonchev–Trinajstić information content (AvgIpc) is 3.11. The lowest BCUT2D eigenvalue weighted by atomic mass is 10.1. The van der Waals surface area contributed by atoms with Gasteiger partial charge in [0.1, 0.15) is 6.10 Å². The molecule has 31 heavy (non-hydrogen) atoms. The zero-order valence-corrected chi connectivity index (χ0v) is 18.1. The van der Waals surface area contributed by atoms with Crippen LogP contribution in [-0.2, 0) is 9.53 Å². The highest BCUT2D eigenvalue weighted by Gasteiger charge is 2.32. The third kappa shape index (κ3) is 4.72. The molecular formula is C21H21ClN4O4S. The number of halogens is 1. The van der Waals surface area contributed by atoms with Crippen LogP contribution in [0.25, 0.3) is 0 Å². The van der Waals surface area contributed by atoms with Gasteiger partial charge in [-0.3, -0.25) is 14.5 Å². The van der Waals surface area contributed by atoms with Crippen LogP contribution in [0.15, 0.2) is 41.3 Å². The molecule has 2 aromatic carbocycles. The summed E-state index contributed by atoms with van der Waals surface area (Å²) in [6, 6.07) is 10.5. The van der Waals surface area contributed by atoms with Crippen molar-refractivity contribution in [2.24, 2.45) is 0 Å². The van der Waals surface area contributed by atoms with Crippen molar-refractivity contribution in [1.82, 2.24) is 5.32 Å². The molecule has 2 heterocycles. The van der Waals surface area contributed by atoms with Crippen LogP contribution in [0.1, 0.15) is 23.2 Å². The number of rotatable bonds is 6. The molecule has 0 saturated carbocycles. The molecule has 10 heteroatoms. The SMILES string of the molecule is Nc1cccc(Cl)c1C(=O)NCCC[C@H]1CN(c2ccc3c(c2)NC(=O)CS3)C(=O)O1. The summed E-state index contributed by atoms with van der Waals surface area (Å²) >= 11 is 7.52. The van der Waals surface area contributed by atoms with Crippen molar-refractivity contribution in [3.63, 3.8) is 0 Å². The lowest BCUT2D eigenvalue weighted by molar-refractivity contribution is -0.113. The van der Waals surface area contributed by atoms with Crippen molar-refractivity contribution in [2.75, 3.05) is 34.8 Å². The number of nitrogens with two attached hydrogens (primary N) is 1. The Labute approximate surface area is 188 Å². The van der Waals surface area contributed by atoms with E-state index in [-0.39, 0.29) is 23.5 Å². The van der Waals surface area contributed by atoms with Crippen molar-refractivity contribution in [3.05, 3.63) is 47.0 Å². The lowest BCUT2D eigenvalue weighted by Gasteiger charge is -2.20. The van der Waals surface area contributed by atoms with Gasteiger partial charge in [0.25, 0.3) is 5.91 Å². The minimum absolute atomic E-state index is 0.0582. The maximum atomic E-state index is 12.3. The van der Waals surface area contributed by atoms with Gasteiger partial charge in [-0.25, -0.2) is 4.79 Å². The number of hydrogen-bond acceptors (Lipinski definition) is 6. The molecule has 4 rings (SSSR count). The predicted octanol–water partition coefficient (Wildman–Crippen LogP) is 3.50. The normalized spacial score (nSPS) is 17.7. The second-order valence-corrected chi connectivity index (χ2v) is 8.66. The standard InChI is InChI=1S/C21H21ClN4O4S/c22-14-4-1-5-15(23)19(14)20(28)24-8-2-3-13-10-26(21(29)30-13)12-6-7-17-16(9-12)25-18(27)11-31-17/h1,4-7,9,13H,2-3,8,10-11,23H2,(H,24,28)(H,25,27)/t13-/m0/s1. The summed E-state index contributed by atoms with van der Waals surface area (Å²) in [6.45, 7) is 0.809. The minimum atomic E-state index is -0.424. The Kier molecular flexibility index (Phi) is 6.24. The van der Waals surface area contributed by atoms with Gasteiger partial charge in [0, 0.05) is 22.8 Å². The van der Waals surface area contributed by atoms with Crippen LogP contribution in [0.5, 0.6) is 0 Å². The number of anilines is 3. The molecule has 1 fully saturated rings. The second-order valence-electron chi connectivity index (χ2n) is 7.24. The van der Waals surface area contributed by atoms with E-state index >= 15 is 0 Å². The number of benzene rings is 2. The number of amides is 3. The van der Waals surface area contributed by atoms with E-state index in [2.05, 4.69) is 10.6 Å². The summed E-state index contributed by atoms with van der Waals surface area (Å²) in [6.07, 6.45) is 0.513. The number of hydrogen-bond donors (Lipinski definition) is 3. The quantitative estimate of drug-likeness (QED) is 0.449. The van der Waals surface area contributed by atoms with Crippen LogP contribution >= 0.6 is 23.4 Å². The highest BCUT2D eigenvalue weighted by Crippen LogP contribution is 2.35. The predicted molar refractivity (Wildman–Crippen MR) is 121 cm³/mol.